The molecule has 0 aromatic heterocycles. The number of aryl methyl sites for hydroxylation is 1. The summed E-state index contributed by atoms with van der Waals surface area (Å²) in [6.07, 6.45) is 2.42. The van der Waals surface area contributed by atoms with Crippen molar-refractivity contribution in [2.24, 2.45) is 0 Å². The molecule has 0 saturated heterocycles. The molecule has 0 atom stereocenters. The molecule has 1 amide bonds. The second kappa shape index (κ2) is 5.32. The molecule has 2 rings (SSSR count). The van der Waals surface area contributed by atoms with Crippen molar-refractivity contribution in [2.45, 2.75) is 32.7 Å². The van der Waals surface area contributed by atoms with Gasteiger partial charge in [-0.2, -0.15) is 0 Å². The van der Waals surface area contributed by atoms with Crippen LogP contribution in [0.3, 0.4) is 0 Å². The van der Waals surface area contributed by atoms with Crippen LogP contribution in [0.1, 0.15) is 25.3 Å². The lowest BCUT2D eigenvalue weighted by Crippen LogP contribution is -2.39. The van der Waals surface area contributed by atoms with E-state index in [1.54, 1.807) is 0 Å². The van der Waals surface area contributed by atoms with Crippen LogP contribution in [0.15, 0.2) is 24.3 Å². The second-order valence-corrected chi connectivity index (χ2v) is 4.58. The van der Waals surface area contributed by atoms with Gasteiger partial charge in [0.2, 0.25) is 5.91 Å². The number of nitrogens with one attached hydrogen (secondary N) is 1. The third kappa shape index (κ3) is 3.07. The topological polar surface area (TPSA) is 32.3 Å². The van der Waals surface area contributed by atoms with Gasteiger partial charge in [0.25, 0.3) is 0 Å². The van der Waals surface area contributed by atoms with Crippen molar-refractivity contribution in [3.05, 3.63) is 29.8 Å². The zero-order valence-electron chi connectivity index (χ0n) is 10.6. The molecule has 1 aliphatic rings. The van der Waals surface area contributed by atoms with E-state index >= 15 is 0 Å². The Hall–Kier alpha value is -1.35. The molecular formula is C14H20N2O. The van der Waals surface area contributed by atoms with Crippen LogP contribution in [-0.4, -0.2) is 25.0 Å². The lowest BCUT2D eigenvalue weighted by Gasteiger charge is -2.23. The molecule has 3 nitrogen and oxygen atoms in total. The molecule has 1 aromatic rings. The SMILES string of the molecule is CCN(C(=O)CNC1CC1)c1ccccc1C. The number of anilines is 1. The summed E-state index contributed by atoms with van der Waals surface area (Å²) in [6.45, 7) is 5.23. The molecule has 0 bridgehead atoms. The van der Waals surface area contributed by atoms with E-state index in [0.717, 1.165) is 17.8 Å². The quantitative estimate of drug-likeness (QED) is 0.843. The normalized spacial score (nSPS) is 14.7. The number of para-hydroxylation sites is 1. The maximum Gasteiger partial charge on any atom is 0.240 e. The van der Waals surface area contributed by atoms with Gasteiger partial charge in [-0.3, -0.25) is 4.79 Å². The molecule has 1 aromatic carbocycles. The van der Waals surface area contributed by atoms with Gasteiger partial charge in [-0.05, 0) is 38.3 Å². The van der Waals surface area contributed by atoms with Gasteiger partial charge in [-0.25, -0.2) is 0 Å². The minimum atomic E-state index is 0.161. The summed E-state index contributed by atoms with van der Waals surface area (Å²) in [5.41, 5.74) is 2.17. The zero-order chi connectivity index (χ0) is 12.3. The smallest absolute Gasteiger partial charge is 0.240 e. The van der Waals surface area contributed by atoms with Crippen molar-refractivity contribution in [2.75, 3.05) is 18.0 Å². The fourth-order valence-electron chi connectivity index (χ4n) is 1.96. The highest BCUT2D eigenvalue weighted by Crippen LogP contribution is 2.20. The van der Waals surface area contributed by atoms with Gasteiger partial charge in [0.15, 0.2) is 0 Å². The van der Waals surface area contributed by atoms with E-state index in [0.29, 0.717) is 12.6 Å². The van der Waals surface area contributed by atoms with Crippen LogP contribution in [0.5, 0.6) is 0 Å². The molecule has 1 N–H and O–H groups in total. The van der Waals surface area contributed by atoms with Crippen LogP contribution >= 0.6 is 0 Å². The first-order chi connectivity index (χ1) is 8.22. The fraction of sp³-hybridized carbons (Fsp3) is 0.500. The van der Waals surface area contributed by atoms with Crippen molar-refractivity contribution in [1.29, 1.82) is 0 Å². The van der Waals surface area contributed by atoms with E-state index in [4.69, 9.17) is 0 Å². The monoisotopic (exact) mass is 232 g/mol. The number of rotatable bonds is 5. The third-order valence-corrected chi connectivity index (χ3v) is 3.14. The van der Waals surface area contributed by atoms with Crippen molar-refractivity contribution in [1.82, 2.24) is 5.32 Å². The van der Waals surface area contributed by atoms with Crippen LogP contribution in [0.4, 0.5) is 5.69 Å². The first kappa shape index (κ1) is 12.1. The molecule has 1 aliphatic carbocycles. The van der Waals surface area contributed by atoms with Gasteiger partial charge >= 0.3 is 0 Å². The number of hydrogen-bond donors (Lipinski definition) is 1. The second-order valence-electron chi connectivity index (χ2n) is 4.58. The highest BCUT2D eigenvalue weighted by molar-refractivity contribution is 5.95. The minimum Gasteiger partial charge on any atom is -0.311 e. The maximum absolute atomic E-state index is 12.1. The molecule has 17 heavy (non-hydrogen) atoms. The molecule has 92 valence electrons. The van der Waals surface area contributed by atoms with Crippen molar-refractivity contribution >= 4 is 11.6 Å². The summed E-state index contributed by atoms with van der Waals surface area (Å²) in [5, 5.41) is 3.27. The molecular weight excluding hydrogens is 212 g/mol. The van der Waals surface area contributed by atoms with Gasteiger partial charge in [-0.1, -0.05) is 18.2 Å². The number of hydrogen-bond acceptors (Lipinski definition) is 2. The maximum atomic E-state index is 12.1. The fourth-order valence-corrected chi connectivity index (χ4v) is 1.96. The molecule has 0 radical (unpaired) electrons. The third-order valence-electron chi connectivity index (χ3n) is 3.14. The summed E-state index contributed by atoms with van der Waals surface area (Å²) < 4.78 is 0. The summed E-state index contributed by atoms with van der Waals surface area (Å²) in [7, 11) is 0. The van der Waals surface area contributed by atoms with Crippen molar-refractivity contribution < 1.29 is 4.79 Å². The Morgan fingerprint density at radius 1 is 1.41 bits per heavy atom. The standard InChI is InChI=1S/C14H20N2O/c1-3-16(13-7-5-4-6-11(13)2)14(17)10-15-12-8-9-12/h4-7,12,15H,3,8-10H2,1-2H3. The minimum absolute atomic E-state index is 0.161. The molecule has 0 spiro atoms. The molecule has 0 unspecified atom stereocenters. The Labute approximate surface area is 103 Å². The Balaban J connectivity index is 2.03. The Morgan fingerprint density at radius 2 is 2.12 bits per heavy atom. The first-order valence-electron chi connectivity index (χ1n) is 6.31. The molecule has 0 heterocycles. The van der Waals surface area contributed by atoms with E-state index in [1.807, 2.05) is 43.0 Å². The molecule has 0 aliphatic heterocycles. The van der Waals surface area contributed by atoms with E-state index in [1.165, 1.54) is 12.8 Å². The highest BCUT2D eigenvalue weighted by Gasteiger charge is 2.23. The Bertz CT molecular complexity index is 399. The molecule has 1 fully saturated rings. The molecule has 1 saturated carbocycles. The van der Waals surface area contributed by atoms with E-state index in [9.17, 15) is 4.79 Å². The number of amides is 1. The van der Waals surface area contributed by atoms with Gasteiger partial charge in [-0.15, -0.1) is 0 Å². The first-order valence-corrected chi connectivity index (χ1v) is 6.31. The van der Waals surface area contributed by atoms with E-state index < -0.39 is 0 Å². The summed E-state index contributed by atoms with van der Waals surface area (Å²) in [6, 6.07) is 8.61. The highest BCUT2D eigenvalue weighted by atomic mass is 16.2. The van der Waals surface area contributed by atoms with Crippen LogP contribution in [0.2, 0.25) is 0 Å². The van der Waals surface area contributed by atoms with Crippen LogP contribution in [0.25, 0.3) is 0 Å². The van der Waals surface area contributed by atoms with Crippen molar-refractivity contribution in [3.8, 4) is 0 Å². The van der Waals surface area contributed by atoms with E-state index in [-0.39, 0.29) is 5.91 Å². The van der Waals surface area contributed by atoms with Gasteiger partial charge in [0.05, 0.1) is 6.54 Å². The largest absolute Gasteiger partial charge is 0.311 e. The van der Waals surface area contributed by atoms with Crippen LogP contribution < -0.4 is 10.2 Å². The summed E-state index contributed by atoms with van der Waals surface area (Å²) in [4.78, 5) is 14.0. The van der Waals surface area contributed by atoms with Crippen LogP contribution in [-0.2, 0) is 4.79 Å². The Morgan fingerprint density at radius 3 is 2.71 bits per heavy atom. The predicted molar refractivity (Wildman–Crippen MR) is 70.2 cm³/mol. The Kier molecular flexibility index (Phi) is 3.79. The van der Waals surface area contributed by atoms with Crippen molar-refractivity contribution in [3.63, 3.8) is 0 Å². The number of carbonyl (C=O) groups is 1. The summed E-state index contributed by atoms with van der Waals surface area (Å²) >= 11 is 0. The summed E-state index contributed by atoms with van der Waals surface area (Å²) in [5.74, 6) is 0.161. The average Bonchev–Trinajstić information content (AvgIpc) is 3.14. The van der Waals surface area contributed by atoms with Gasteiger partial charge in [0, 0.05) is 18.3 Å². The average molecular weight is 232 g/mol. The number of nitrogens with zero attached hydrogens (tertiary/aromatic N) is 1. The number of carbonyl (C=O) groups excluding carboxylic acids is 1. The number of benzene rings is 1. The van der Waals surface area contributed by atoms with Crippen LogP contribution in [0, 0.1) is 6.92 Å². The van der Waals surface area contributed by atoms with Gasteiger partial charge in [0.1, 0.15) is 0 Å². The van der Waals surface area contributed by atoms with E-state index in [2.05, 4.69) is 5.32 Å². The zero-order valence-corrected chi connectivity index (χ0v) is 10.6. The lowest BCUT2D eigenvalue weighted by molar-refractivity contribution is -0.117. The lowest BCUT2D eigenvalue weighted by atomic mass is 10.2. The van der Waals surface area contributed by atoms with Gasteiger partial charge < -0.3 is 10.2 Å². The molecule has 3 heteroatoms. The predicted octanol–water partition coefficient (Wildman–Crippen LogP) is 2.10. The number of likely N-dealkylation sites (N-methyl/N-ethyl adjacent to an activating group) is 1.